The number of carbonyl (C=O) groups is 2. The summed E-state index contributed by atoms with van der Waals surface area (Å²) < 4.78 is 11.7. The fraction of sp³-hybridized carbons (Fsp3) is 0.182. The van der Waals surface area contributed by atoms with Crippen molar-refractivity contribution in [1.82, 2.24) is 10.9 Å². The summed E-state index contributed by atoms with van der Waals surface area (Å²) in [6, 6.07) is 19.1. The van der Waals surface area contributed by atoms with Gasteiger partial charge in [-0.2, -0.15) is 0 Å². The minimum Gasteiger partial charge on any atom is -0.484 e. The van der Waals surface area contributed by atoms with Crippen LogP contribution < -0.4 is 20.3 Å². The van der Waals surface area contributed by atoms with Crippen molar-refractivity contribution in [3.8, 4) is 11.5 Å². The molecule has 0 unspecified atom stereocenters. The SMILES string of the molecule is CCc1ccc(OCC(=O)NNC(=O)COc2ccc3ccccc3c2)c(Br)c1. The van der Waals surface area contributed by atoms with E-state index in [1.807, 2.05) is 48.5 Å². The van der Waals surface area contributed by atoms with E-state index in [4.69, 9.17) is 9.47 Å². The topological polar surface area (TPSA) is 76.7 Å². The lowest BCUT2D eigenvalue weighted by Crippen LogP contribution is -2.45. The van der Waals surface area contributed by atoms with Crippen LogP contribution in [0.1, 0.15) is 12.5 Å². The number of fused-ring (bicyclic) bond motifs is 1. The fourth-order valence-electron chi connectivity index (χ4n) is 2.64. The highest BCUT2D eigenvalue weighted by Crippen LogP contribution is 2.26. The average Bonchev–Trinajstić information content (AvgIpc) is 2.75. The smallest absolute Gasteiger partial charge is 0.276 e. The van der Waals surface area contributed by atoms with E-state index in [2.05, 4.69) is 33.7 Å². The summed E-state index contributed by atoms with van der Waals surface area (Å²) in [7, 11) is 0. The Balaban J connectivity index is 1.41. The molecule has 3 aromatic carbocycles. The number of ether oxygens (including phenoxy) is 2. The largest absolute Gasteiger partial charge is 0.484 e. The van der Waals surface area contributed by atoms with Crippen LogP contribution in [0, 0.1) is 0 Å². The van der Waals surface area contributed by atoms with Gasteiger partial charge in [-0.25, -0.2) is 0 Å². The second kappa shape index (κ2) is 9.93. The molecule has 3 aromatic rings. The van der Waals surface area contributed by atoms with Crippen molar-refractivity contribution in [3.05, 3.63) is 70.7 Å². The maximum atomic E-state index is 11.9. The van der Waals surface area contributed by atoms with E-state index in [0.717, 1.165) is 27.2 Å². The summed E-state index contributed by atoms with van der Waals surface area (Å²) in [4.78, 5) is 23.8. The number of aryl methyl sites for hydroxylation is 1. The number of amides is 2. The molecule has 0 bridgehead atoms. The number of nitrogens with one attached hydrogen (secondary N) is 2. The fourth-order valence-corrected chi connectivity index (χ4v) is 3.18. The molecule has 0 atom stereocenters. The Hall–Kier alpha value is -3.06. The van der Waals surface area contributed by atoms with Gasteiger partial charge in [-0.1, -0.05) is 43.3 Å². The zero-order chi connectivity index (χ0) is 20.6. The van der Waals surface area contributed by atoms with Gasteiger partial charge in [0.05, 0.1) is 4.47 Å². The number of hydrogen-bond acceptors (Lipinski definition) is 4. The van der Waals surface area contributed by atoms with Crippen molar-refractivity contribution in [2.75, 3.05) is 13.2 Å². The first kappa shape index (κ1) is 20.7. The third-order valence-corrected chi connectivity index (χ3v) is 4.82. The monoisotopic (exact) mass is 456 g/mol. The molecule has 29 heavy (non-hydrogen) atoms. The maximum Gasteiger partial charge on any atom is 0.276 e. The summed E-state index contributed by atoms with van der Waals surface area (Å²) in [5.74, 6) is 0.188. The standard InChI is InChI=1S/C22H21BrN2O4/c1-2-15-7-10-20(19(23)11-15)29-14-22(27)25-24-21(26)13-28-18-9-8-16-5-3-4-6-17(16)12-18/h3-12H,2,13-14H2,1H3,(H,24,26)(H,25,27). The number of halogens is 1. The maximum absolute atomic E-state index is 11.9. The zero-order valence-electron chi connectivity index (χ0n) is 15.9. The van der Waals surface area contributed by atoms with Crippen molar-refractivity contribution in [1.29, 1.82) is 0 Å². The van der Waals surface area contributed by atoms with Crippen LogP contribution in [0.15, 0.2) is 65.1 Å². The van der Waals surface area contributed by atoms with E-state index in [1.54, 1.807) is 12.1 Å². The predicted octanol–water partition coefficient (Wildman–Crippen LogP) is 3.77. The molecule has 0 spiro atoms. The van der Waals surface area contributed by atoms with E-state index < -0.39 is 11.8 Å². The molecule has 0 radical (unpaired) electrons. The van der Waals surface area contributed by atoms with Gasteiger partial charge in [-0.05, 0) is 63.0 Å². The summed E-state index contributed by atoms with van der Waals surface area (Å²) in [6.45, 7) is 1.61. The average molecular weight is 457 g/mol. The molecule has 3 rings (SSSR count). The highest BCUT2D eigenvalue weighted by Gasteiger charge is 2.09. The van der Waals surface area contributed by atoms with E-state index >= 15 is 0 Å². The molecule has 150 valence electrons. The Morgan fingerprint density at radius 3 is 2.24 bits per heavy atom. The van der Waals surface area contributed by atoms with Gasteiger partial charge in [0, 0.05) is 0 Å². The van der Waals surface area contributed by atoms with E-state index in [9.17, 15) is 9.59 Å². The molecule has 0 fully saturated rings. The molecule has 0 aromatic heterocycles. The van der Waals surface area contributed by atoms with Crippen LogP contribution in [0.4, 0.5) is 0 Å². The van der Waals surface area contributed by atoms with Crippen molar-refractivity contribution in [2.24, 2.45) is 0 Å². The Labute approximate surface area is 177 Å². The highest BCUT2D eigenvalue weighted by atomic mass is 79.9. The first-order chi connectivity index (χ1) is 14.0. The van der Waals surface area contributed by atoms with Crippen LogP contribution in [0.3, 0.4) is 0 Å². The Morgan fingerprint density at radius 2 is 1.55 bits per heavy atom. The van der Waals surface area contributed by atoms with Crippen LogP contribution in [0.5, 0.6) is 11.5 Å². The molecule has 2 amide bonds. The predicted molar refractivity (Wildman–Crippen MR) is 115 cm³/mol. The lowest BCUT2D eigenvalue weighted by molar-refractivity contribution is -0.131. The molecule has 2 N–H and O–H groups in total. The van der Waals surface area contributed by atoms with Gasteiger partial charge in [0.2, 0.25) is 0 Å². The number of benzene rings is 3. The van der Waals surface area contributed by atoms with E-state index in [1.165, 1.54) is 0 Å². The Morgan fingerprint density at radius 1 is 0.862 bits per heavy atom. The quantitative estimate of drug-likeness (QED) is 0.530. The molecule has 0 aliphatic heterocycles. The summed E-state index contributed by atoms with van der Waals surface area (Å²) in [6.07, 6.45) is 0.909. The first-order valence-electron chi connectivity index (χ1n) is 9.15. The van der Waals surface area contributed by atoms with Crippen LogP contribution in [0.2, 0.25) is 0 Å². The molecule has 0 saturated carbocycles. The van der Waals surface area contributed by atoms with Gasteiger partial charge >= 0.3 is 0 Å². The number of carbonyl (C=O) groups excluding carboxylic acids is 2. The molecule has 0 aliphatic rings. The van der Waals surface area contributed by atoms with E-state index in [0.29, 0.717) is 11.5 Å². The third-order valence-electron chi connectivity index (χ3n) is 4.20. The number of hydrogen-bond donors (Lipinski definition) is 2. The molecular weight excluding hydrogens is 436 g/mol. The first-order valence-corrected chi connectivity index (χ1v) is 9.95. The molecular formula is C22H21BrN2O4. The molecule has 0 saturated heterocycles. The van der Waals surface area contributed by atoms with Gasteiger partial charge in [0.1, 0.15) is 11.5 Å². The van der Waals surface area contributed by atoms with Gasteiger partial charge < -0.3 is 9.47 Å². The van der Waals surface area contributed by atoms with Gasteiger partial charge in [0.25, 0.3) is 11.8 Å². The van der Waals surface area contributed by atoms with Crippen LogP contribution in [0.25, 0.3) is 10.8 Å². The van der Waals surface area contributed by atoms with Gasteiger partial charge in [-0.15, -0.1) is 0 Å². The minimum absolute atomic E-state index is 0.219. The lowest BCUT2D eigenvalue weighted by atomic mass is 10.1. The molecule has 7 heteroatoms. The van der Waals surface area contributed by atoms with E-state index in [-0.39, 0.29) is 13.2 Å². The number of rotatable bonds is 7. The normalized spacial score (nSPS) is 10.4. The molecule has 0 heterocycles. The second-order valence-corrected chi connectivity index (χ2v) is 7.16. The van der Waals surface area contributed by atoms with Crippen molar-refractivity contribution in [3.63, 3.8) is 0 Å². The van der Waals surface area contributed by atoms with Crippen LogP contribution >= 0.6 is 15.9 Å². The summed E-state index contributed by atoms with van der Waals surface area (Å²) >= 11 is 3.41. The number of hydrazine groups is 1. The lowest BCUT2D eigenvalue weighted by Gasteiger charge is -2.11. The van der Waals surface area contributed by atoms with Crippen LogP contribution in [-0.4, -0.2) is 25.0 Å². The van der Waals surface area contributed by atoms with Crippen molar-refractivity contribution in [2.45, 2.75) is 13.3 Å². The molecule has 0 aliphatic carbocycles. The summed E-state index contributed by atoms with van der Waals surface area (Å²) in [5, 5.41) is 2.11. The second-order valence-electron chi connectivity index (χ2n) is 6.30. The van der Waals surface area contributed by atoms with Gasteiger partial charge in [-0.3, -0.25) is 20.4 Å². The van der Waals surface area contributed by atoms with Gasteiger partial charge in [0.15, 0.2) is 13.2 Å². The zero-order valence-corrected chi connectivity index (χ0v) is 17.5. The Kier molecular flexibility index (Phi) is 7.08. The van der Waals surface area contributed by atoms with Crippen LogP contribution in [-0.2, 0) is 16.0 Å². The van der Waals surface area contributed by atoms with Crippen molar-refractivity contribution < 1.29 is 19.1 Å². The van der Waals surface area contributed by atoms with Crippen molar-refractivity contribution >= 4 is 38.5 Å². The molecule has 6 nitrogen and oxygen atoms in total. The summed E-state index contributed by atoms with van der Waals surface area (Å²) in [5.41, 5.74) is 5.77. The third kappa shape index (κ3) is 5.96. The minimum atomic E-state index is -0.476. The highest BCUT2D eigenvalue weighted by molar-refractivity contribution is 9.10. The Bertz CT molecular complexity index is 1020.